The van der Waals surface area contributed by atoms with Gasteiger partial charge in [-0.15, -0.1) is 0 Å². The SMILES string of the molecule is CCCCC(=O)NCCOCCOCC(=O)NCCOCCOCC(N)=O. The minimum absolute atomic E-state index is 0.0375. The van der Waals surface area contributed by atoms with Gasteiger partial charge in [0.15, 0.2) is 0 Å². The van der Waals surface area contributed by atoms with E-state index in [9.17, 15) is 14.4 Å². The van der Waals surface area contributed by atoms with Crippen molar-refractivity contribution in [3.05, 3.63) is 0 Å². The summed E-state index contributed by atoms with van der Waals surface area (Å²) in [6.07, 6.45) is 2.43. The molecular formula is C17H33N3O7. The summed E-state index contributed by atoms with van der Waals surface area (Å²) in [5.41, 5.74) is 4.91. The molecule has 0 aromatic rings. The summed E-state index contributed by atoms with van der Waals surface area (Å²) in [4.78, 5) is 33.2. The van der Waals surface area contributed by atoms with Crippen molar-refractivity contribution in [3.63, 3.8) is 0 Å². The maximum absolute atomic E-state index is 11.5. The molecule has 0 aromatic heterocycles. The van der Waals surface area contributed by atoms with Crippen LogP contribution < -0.4 is 16.4 Å². The third-order valence-corrected chi connectivity index (χ3v) is 3.12. The summed E-state index contributed by atoms with van der Waals surface area (Å²) in [6.45, 7) is 4.65. The zero-order valence-corrected chi connectivity index (χ0v) is 16.1. The van der Waals surface area contributed by atoms with Crippen LogP contribution in [0.1, 0.15) is 26.2 Å². The number of ether oxygens (including phenoxy) is 4. The van der Waals surface area contributed by atoms with Crippen molar-refractivity contribution in [1.82, 2.24) is 10.6 Å². The third kappa shape index (κ3) is 20.4. The Morgan fingerprint density at radius 2 is 1.26 bits per heavy atom. The Hall–Kier alpha value is -1.75. The van der Waals surface area contributed by atoms with Crippen LogP contribution in [-0.4, -0.2) is 83.7 Å². The summed E-state index contributed by atoms with van der Waals surface area (Å²) in [5.74, 6) is -0.732. The number of amides is 3. The van der Waals surface area contributed by atoms with Crippen LogP contribution in [0.3, 0.4) is 0 Å². The number of nitrogens with two attached hydrogens (primary N) is 1. The number of carbonyl (C=O) groups is 3. The van der Waals surface area contributed by atoms with Gasteiger partial charge in [-0.1, -0.05) is 13.3 Å². The van der Waals surface area contributed by atoms with Crippen LogP contribution in [0.2, 0.25) is 0 Å². The van der Waals surface area contributed by atoms with Crippen molar-refractivity contribution < 1.29 is 33.3 Å². The molecule has 0 aliphatic rings. The molecule has 0 fully saturated rings. The molecule has 0 rings (SSSR count). The first-order valence-electron chi connectivity index (χ1n) is 9.19. The zero-order valence-electron chi connectivity index (χ0n) is 16.1. The Morgan fingerprint density at radius 3 is 1.81 bits per heavy atom. The summed E-state index contributed by atoms with van der Waals surface area (Å²) in [6, 6.07) is 0. The van der Waals surface area contributed by atoms with Gasteiger partial charge in [-0.2, -0.15) is 0 Å². The molecule has 0 heterocycles. The number of hydrogen-bond acceptors (Lipinski definition) is 7. The molecule has 0 bridgehead atoms. The van der Waals surface area contributed by atoms with Crippen LogP contribution in [0.15, 0.2) is 0 Å². The minimum Gasteiger partial charge on any atom is -0.377 e. The van der Waals surface area contributed by atoms with Gasteiger partial charge in [0.05, 0.1) is 39.6 Å². The second-order valence-electron chi connectivity index (χ2n) is 5.60. The van der Waals surface area contributed by atoms with E-state index >= 15 is 0 Å². The van der Waals surface area contributed by atoms with Gasteiger partial charge in [-0.3, -0.25) is 14.4 Å². The zero-order chi connectivity index (χ0) is 20.2. The molecule has 0 aromatic carbocycles. The first-order valence-corrected chi connectivity index (χ1v) is 9.19. The molecule has 3 amide bonds. The molecular weight excluding hydrogens is 358 g/mol. The second kappa shape index (κ2) is 19.0. The molecule has 0 atom stereocenters. The normalized spacial score (nSPS) is 10.6. The lowest BCUT2D eigenvalue weighted by Gasteiger charge is -2.08. The number of primary amides is 1. The lowest BCUT2D eigenvalue weighted by molar-refractivity contribution is -0.127. The molecule has 0 saturated carbocycles. The summed E-state index contributed by atoms with van der Waals surface area (Å²) >= 11 is 0. The molecule has 10 nitrogen and oxygen atoms in total. The highest BCUT2D eigenvalue weighted by Crippen LogP contribution is 1.92. The van der Waals surface area contributed by atoms with Crippen molar-refractivity contribution >= 4 is 17.7 Å². The van der Waals surface area contributed by atoms with E-state index in [4.69, 9.17) is 24.7 Å². The van der Waals surface area contributed by atoms with Gasteiger partial charge in [-0.05, 0) is 6.42 Å². The van der Waals surface area contributed by atoms with E-state index < -0.39 is 5.91 Å². The van der Waals surface area contributed by atoms with E-state index in [0.29, 0.717) is 52.5 Å². The lowest BCUT2D eigenvalue weighted by atomic mass is 10.2. The molecule has 0 spiro atoms. The molecule has 158 valence electrons. The Labute approximate surface area is 160 Å². The van der Waals surface area contributed by atoms with E-state index in [1.54, 1.807) is 0 Å². The van der Waals surface area contributed by atoms with E-state index in [1.807, 2.05) is 6.92 Å². The van der Waals surface area contributed by atoms with E-state index in [0.717, 1.165) is 12.8 Å². The highest BCUT2D eigenvalue weighted by atomic mass is 16.5. The molecule has 27 heavy (non-hydrogen) atoms. The Kier molecular flexibility index (Phi) is 17.8. The molecule has 0 radical (unpaired) electrons. The van der Waals surface area contributed by atoms with Gasteiger partial charge in [0, 0.05) is 19.5 Å². The smallest absolute Gasteiger partial charge is 0.246 e. The van der Waals surface area contributed by atoms with Crippen LogP contribution >= 0.6 is 0 Å². The first kappa shape index (κ1) is 25.2. The largest absolute Gasteiger partial charge is 0.377 e. The predicted molar refractivity (Wildman–Crippen MR) is 98.0 cm³/mol. The van der Waals surface area contributed by atoms with E-state index in [1.165, 1.54) is 0 Å². The summed E-state index contributed by atoms with van der Waals surface area (Å²) in [7, 11) is 0. The minimum atomic E-state index is -0.526. The van der Waals surface area contributed by atoms with Gasteiger partial charge in [0.2, 0.25) is 17.7 Å². The van der Waals surface area contributed by atoms with Crippen molar-refractivity contribution in [3.8, 4) is 0 Å². The average molecular weight is 391 g/mol. The molecule has 0 aliphatic carbocycles. The number of carbonyl (C=O) groups excluding carboxylic acids is 3. The monoisotopic (exact) mass is 391 g/mol. The first-order chi connectivity index (χ1) is 13.1. The number of nitrogens with one attached hydrogen (secondary N) is 2. The average Bonchev–Trinajstić information content (AvgIpc) is 2.64. The van der Waals surface area contributed by atoms with Crippen LogP contribution in [0, 0.1) is 0 Å². The van der Waals surface area contributed by atoms with Crippen LogP contribution in [0.5, 0.6) is 0 Å². The maximum Gasteiger partial charge on any atom is 0.246 e. The van der Waals surface area contributed by atoms with Crippen LogP contribution in [0.25, 0.3) is 0 Å². The van der Waals surface area contributed by atoms with E-state index in [-0.39, 0.29) is 31.6 Å². The van der Waals surface area contributed by atoms with Crippen molar-refractivity contribution in [2.24, 2.45) is 5.73 Å². The fourth-order valence-electron chi connectivity index (χ4n) is 1.78. The van der Waals surface area contributed by atoms with Gasteiger partial charge >= 0.3 is 0 Å². The molecule has 4 N–H and O–H groups in total. The third-order valence-electron chi connectivity index (χ3n) is 3.12. The Balaban J connectivity index is 3.26. The van der Waals surface area contributed by atoms with Gasteiger partial charge < -0.3 is 35.3 Å². The number of hydrogen-bond donors (Lipinski definition) is 3. The topological polar surface area (TPSA) is 138 Å². The van der Waals surface area contributed by atoms with Crippen molar-refractivity contribution in [1.29, 1.82) is 0 Å². The standard InChI is InChI=1S/C17H33N3O7/c1-2-3-4-16(22)19-5-7-24-10-12-27-14-17(23)20-6-8-25-9-11-26-13-15(18)21/h2-14H2,1H3,(H2,18,21)(H,19,22)(H,20,23). The predicted octanol–water partition coefficient (Wildman–Crippen LogP) is -1.04. The Bertz CT molecular complexity index is 408. The molecule has 0 aliphatic heterocycles. The molecule has 0 saturated heterocycles. The molecule has 0 unspecified atom stereocenters. The number of rotatable bonds is 19. The van der Waals surface area contributed by atoms with Crippen molar-refractivity contribution in [2.75, 3.05) is 65.9 Å². The second-order valence-corrected chi connectivity index (χ2v) is 5.60. The van der Waals surface area contributed by atoms with Gasteiger partial charge in [0.25, 0.3) is 0 Å². The Morgan fingerprint density at radius 1 is 0.741 bits per heavy atom. The van der Waals surface area contributed by atoms with Gasteiger partial charge in [-0.25, -0.2) is 0 Å². The lowest BCUT2D eigenvalue weighted by Crippen LogP contribution is -2.31. The quantitative estimate of drug-likeness (QED) is 0.239. The highest BCUT2D eigenvalue weighted by Gasteiger charge is 2.01. The van der Waals surface area contributed by atoms with Crippen LogP contribution in [0.4, 0.5) is 0 Å². The summed E-state index contributed by atoms with van der Waals surface area (Å²) < 4.78 is 20.6. The summed E-state index contributed by atoms with van der Waals surface area (Å²) in [5, 5.41) is 5.41. The molecule has 10 heteroatoms. The fourth-order valence-corrected chi connectivity index (χ4v) is 1.78. The van der Waals surface area contributed by atoms with Crippen molar-refractivity contribution in [2.45, 2.75) is 26.2 Å². The maximum atomic E-state index is 11.5. The fraction of sp³-hybridized carbons (Fsp3) is 0.824. The van der Waals surface area contributed by atoms with Gasteiger partial charge in [0.1, 0.15) is 13.2 Å². The number of unbranched alkanes of at least 4 members (excludes halogenated alkanes) is 1. The highest BCUT2D eigenvalue weighted by molar-refractivity contribution is 5.77. The van der Waals surface area contributed by atoms with Crippen LogP contribution in [-0.2, 0) is 33.3 Å². The van der Waals surface area contributed by atoms with E-state index in [2.05, 4.69) is 10.6 Å².